The van der Waals surface area contributed by atoms with Crippen LogP contribution in [0.4, 0.5) is 0 Å². The van der Waals surface area contributed by atoms with Crippen molar-refractivity contribution >= 4 is 17.7 Å². The van der Waals surface area contributed by atoms with Gasteiger partial charge in [-0.15, -0.1) is 0 Å². The molecule has 0 radical (unpaired) electrons. The van der Waals surface area contributed by atoms with Crippen molar-refractivity contribution in [3.05, 3.63) is 35.9 Å². The molecular weight excluding hydrogens is 296 g/mol. The molecule has 0 aliphatic heterocycles. The molecular formula is C18H24O5. The van der Waals surface area contributed by atoms with E-state index in [9.17, 15) is 14.4 Å². The second-order valence-corrected chi connectivity index (χ2v) is 5.21. The van der Waals surface area contributed by atoms with Gasteiger partial charge in [0, 0.05) is 5.56 Å². The highest BCUT2D eigenvalue weighted by Gasteiger charge is 2.37. The van der Waals surface area contributed by atoms with Crippen molar-refractivity contribution in [1.29, 1.82) is 0 Å². The summed E-state index contributed by atoms with van der Waals surface area (Å²) in [5.41, 5.74) is 0.289. The van der Waals surface area contributed by atoms with Crippen molar-refractivity contribution in [1.82, 2.24) is 0 Å². The maximum absolute atomic E-state index is 12.5. The van der Waals surface area contributed by atoms with E-state index in [0.717, 1.165) is 12.8 Å². The van der Waals surface area contributed by atoms with E-state index in [1.165, 1.54) is 0 Å². The number of Topliss-reactive ketones (excluding diaryl/α,β-unsaturated/α-hetero) is 1. The Morgan fingerprint density at radius 3 is 1.78 bits per heavy atom. The van der Waals surface area contributed by atoms with E-state index in [1.807, 2.05) is 13.8 Å². The van der Waals surface area contributed by atoms with E-state index in [4.69, 9.17) is 9.47 Å². The standard InChI is InChI=1S/C18H24O5/c1-3-5-12-22-17(20)15(18(21)23-13-6-4-2)16(19)14-10-8-7-9-11-14/h7-11,15H,3-6,12-13H2,1-2H3. The van der Waals surface area contributed by atoms with Crippen LogP contribution in [0.25, 0.3) is 0 Å². The van der Waals surface area contributed by atoms with Gasteiger partial charge in [-0.05, 0) is 12.8 Å². The second kappa shape index (κ2) is 10.5. The SMILES string of the molecule is CCCCOC(=O)C(C(=O)OCCCC)C(=O)c1ccccc1. The van der Waals surface area contributed by atoms with Crippen LogP contribution in [0.15, 0.2) is 30.3 Å². The lowest BCUT2D eigenvalue weighted by molar-refractivity contribution is -0.159. The molecule has 0 saturated carbocycles. The fraction of sp³-hybridized carbons (Fsp3) is 0.500. The Labute approximate surface area is 137 Å². The number of carbonyl (C=O) groups is 3. The van der Waals surface area contributed by atoms with Crippen molar-refractivity contribution in [2.75, 3.05) is 13.2 Å². The molecule has 0 amide bonds. The van der Waals surface area contributed by atoms with Crippen LogP contribution < -0.4 is 0 Å². The molecule has 0 fully saturated rings. The summed E-state index contributed by atoms with van der Waals surface area (Å²) in [5.74, 6) is -3.82. The van der Waals surface area contributed by atoms with Crippen molar-refractivity contribution < 1.29 is 23.9 Å². The first-order chi connectivity index (χ1) is 11.1. The Kier molecular flexibility index (Phi) is 8.65. The van der Waals surface area contributed by atoms with Gasteiger partial charge < -0.3 is 9.47 Å². The average molecular weight is 320 g/mol. The molecule has 126 valence electrons. The Bertz CT molecular complexity index is 487. The molecule has 0 N–H and O–H groups in total. The number of benzene rings is 1. The van der Waals surface area contributed by atoms with Gasteiger partial charge in [-0.2, -0.15) is 0 Å². The quantitative estimate of drug-likeness (QED) is 0.287. The lowest BCUT2D eigenvalue weighted by Crippen LogP contribution is -2.35. The molecule has 0 saturated heterocycles. The van der Waals surface area contributed by atoms with E-state index in [0.29, 0.717) is 12.8 Å². The molecule has 1 aromatic rings. The summed E-state index contributed by atoms with van der Waals surface area (Å²) in [6, 6.07) is 8.23. The van der Waals surface area contributed by atoms with E-state index >= 15 is 0 Å². The van der Waals surface area contributed by atoms with Crippen molar-refractivity contribution in [2.24, 2.45) is 5.92 Å². The predicted molar refractivity (Wildman–Crippen MR) is 86.0 cm³/mol. The monoisotopic (exact) mass is 320 g/mol. The molecule has 0 aliphatic carbocycles. The maximum Gasteiger partial charge on any atom is 0.328 e. The van der Waals surface area contributed by atoms with Crippen molar-refractivity contribution in [3.63, 3.8) is 0 Å². The van der Waals surface area contributed by atoms with Gasteiger partial charge in [0.1, 0.15) is 0 Å². The maximum atomic E-state index is 12.5. The number of hydrogen-bond acceptors (Lipinski definition) is 5. The van der Waals surface area contributed by atoms with Gasteiger partial charge in [0.25, 0.3) is 0 Å². The van der Waals surface area contributed by atoms with Crippen LogP contribution in [0.1, 0.15) is 49.9 Å². The summed E-state index contributed by atoms with van der Waals surface area (Å²) in [6.45, 7) is 4.30. The zero-order valence-electron chi connectivity index (χ0n) is 13.7. The van der Waals surface area contributed by atoms with Crippen LogP contribution >= 0.6 is 0 Å². The highest BCUT2D eigenvalue weighted by atomic mass is 16.6. The first-order valence-corrected chi connectivity index (χ1v) is 8.04. The number of unbranched alkanes of at least 4 members (excludes halogenated alkanes) is 2. The molecule has 5 nitrogen and oxygen atoms in total. The largest absolute Gasteiger partial charge is 0.465 e. The first-order valence-electron chi connectivity index (χ1n) is 8.04. The van der Waals surface area contributed by atoms with E-state index in [1.54, 1.807) is 30.3 Å². The van der Waals surface area contributed by atoms with Gasteiger partial charge in [0.2, 0.25) is 5.92 Å². The van der Waals surface area contributed by atoms with Crippen LogP contribution in [0, 0.1) is 5.92 Å². The molecule has 0 aliphatic rings. The number of carbonyl (C=O) groups excluding carboxylic acids is 3. The summed E-state index contributed by atoms with van der Waals surface area (Å²) in [4.78, 5) is 36.8. The summed E-state index contributed by atoms with van der Waals surface area (Å²) in [6.07, 6.45) is 3.07. The number of hydrogen-bond donors (Lipinski definition) is 0. The van der Waals surface area contributed by atoms with E-state index in [-0.39, 0.29) is 18.8 Å². The molecule has 5 heteroatoms. The van der Waals surface area contributed by atoms with Gasteiger partial charge in [0.05, 0.1) is 13.2 Å². The third-order valence-electron chi connectivity index (χ3n) is 3.28. The summed E-state index contributed by atoms with van der Waals surface area (Å²) < 4.78 is 10.1. The number of rotatable bonds is 10. The Balaban J connectivity index is 2.84. The van der Waals surface area contributed by atoms with Gasteiger partial charge in [0.15, 0.2) is 5.78 Å². The zero-order chi connectivity index (χ0) is 17.1. The Morgan fingerprint density at radius 2 is 1.35 bits per heavy atom. The molecule has 0 unspecified atom stereocenters. The average Bonchev–Trinajstić information content (AvgIpc) is 2.56. The first kappa shape index (κ1) is 18.9. The minimum absolute atomic E-state index is 0.191. The normalized spacial score (nSPS) is 10.4. The lowest BCUT2D eigenvalue weighted by Gasteiger charge is -2.14. The minimum Gasteiger partial charge on any atom is -0.465 e. The van der Waals surface area contributed by atoms with Crippen LogP contribution in [-0.2, 0) is 19.1 Å². The molecule has 0 spiro atoms. The van der Waals surface area contributed by atoms with Gasteiger partial charge in [-0.3, -0.25) is 14.4 Å². The Hall–Kier alpha value is -2.17. The molecule has 1 aromatic carbocycles. The van der Waals surface area contributed by atoms with Crippen LogP contribution in [0.3, 0.4) is 0 Å². The van der Waals surface area contributed by atoms with Crippen LogP contribution in [0.2, 0.25) is 0 Å². The number of esters is 2. The Morgan fingerprint density at radius 1 is 0.870 bits per heavy atom. The van der Waals surface area contributed by atoms with Crippen LogP contribution in [-0.4, -0.2) is 30.9 Å². The highest BCUT2D eigenvalue weighted by molar-refractivity contribution is 6.20. The lowest BCUT2D eigenvalue weighted by atomic mass is 9.98. The molecule has 0 atom stereocenters. The van der Waals surface area contributed by atoms with Crippen molar-refractivity contribution in [3.8, 4) is 0 Å². The van der Waals surface area contributed by atoms with E-state index < -0.39 is 23.6 Å². The topological polar surface area (TPSA) is 69.7 Å². The fourth-order valence-electron chi connectivity index (χ4n) is 1.88. The fourth-order valence-corrected chi connectivity index (χ4v) is 1.88. The molecule has 0 aromatic heterocycles. The van der Waals surface area contributed by atoms with Crippen LogP contribution in [0.5, 0.6) is 0 Å². The van der Waals surface area contributed by atoms with Gasteiger partial charge >= 0.3 is 11.9 Å². The molecule has 0 heterocycles. The molecule has 0 bridgehead atoms. The smallest absolute Gasteiger partial charge is 0.328 e. The summed E-state index contributed by atoms with van der Waals surface area (Å²) >= 11 is 0. The second-order valence-electron chi connectivity index (χ2n) is 5.21. The van der Waals surface area contributed by atoms with Gasteiger partial charge in [-0.25, -0.2) is 0 Å². The predicted octanol–water partition coefficient (Wildman–Crippen LogP) is 3.17. The molecule has 1 rings (SSSR count). The third kappa shape index (κ3) is 6.22. The van der Waals surface area contributed by atoms with Gasteiger partial charge in [-0.1, -0.05) is 57.0 Å². The van der Waals surface area contributed by atoms with Crippen molar-refractivity contribution in [2.45, 2.75) is 39.5 Å². The number of ether oxygens (including phenoxy) is 2. The third-order valence-corrected chi connectivity index (χ3v) is 3.28. The summed E-state index contributed by atoms with van der Waals surface area (Å²) in [7, 11) is 0. The molecule has 23 heavy (non-hydrogen) atoms. The number of ketones is 1. The highest BCUT2D eigenvalue weighted by Crippen LogP contribution is 2.14. The summed E-state index contributed by atoms with van der Waals surface area (Å²) in [5, 5.41) is 0. The minimum atomic E-state index is -1.55. The zero-order valence-corrected chi connectivity index (χ0v) is 13.7. The van der Waals surface area contributed by atoms with E-state index in [2.05, 4.69) is 0 Å².